The molecule has 0 bridgehead atoms. The van der Waals surface area contributed by atoms with Crippen LogP contribution in [-0.4, -0.2) is 66.1 Å². The van der Waals surface area contributed by atoms with E-state index in [1.54, 1.807) is 0 Å². The van der Waals surface area contributed by atoms with Crippen LogP contribution in [0.3, 0.4) is 0 Å². The van der Waals surface area contributed by atoms with Gasteiger partial charge in [0.2, 0.25) is 0 Å². The van der Waals surface area contributed by atoms with Gasteiger partial charge in [0.25, 0.3) is 8.32 Å². The summed E-state index contributed by atoms with van der Waals surface area (Å²) in [6, 6.07) is 19.6. The predicted molar refractivity (Wildman–Crippen MR) is 112 cm³/mol. The molecule has 6 nitrogen and oxygen atoms in total. The normalized spacial score (nSPS) is 28.3. The van der Waals surface area contributed by atoms with Crippen molar-refractivity contribution in [1.82, 2.24) is 0 Å². The zero-order valence-corrected chi connectivity index (χ0v) is 18.0. The second kappa shape index (κ2) is 8.65. The molecule has 1 aliphatic heterocycles. The number of aliphatic hydroxyl groups is 4. The van der Waals surface area contributed by atoms with Gasteiger partial charge in [0.1, 0.15) is 24.4 Å². The molecular formula is C22H30O6Si. The van der Waals surface area contributed by atoms with Crippen molar-refractivity contribution in [1.29, 1.82) is 0 Å². The molecule has 1 saturated heterocycles. The van der Waals surface area contributed by atoms with Crippen molar-refractivity contribution in [2.24, 2.45) is 0 Å². The number of aliphatic hydroxyl groups excluding tert-OH is 4. The van der Waals surface area contributed by atoms with Crippen molar-refractivity contribution in [3.05, 3.63) is 60.7 Å². The Hall–Kier alpha value is -1.58. The molecule has 1 aliphatic rings. The van der Waals surface area contributed by atoms with E-state index in [1.807, 2.05) is 60.7 Å². The summed E-state index contributed by atoms with van der Waals surface area (Å²) in [6.45, 7) is 5.72. The van der Waals surface area contributed by atoms with E-state index in [2.05, 4.69) is 20.8 Å². The van der Waals surface area contributed by atoms with Crippen molar-refractivity contribution >= 4 is 18.7 Å². The first-order chi connectivity index (χ1) is 13.7. The summed E-state index contributed by atoms with van der Waals surface area (Å²) in [6.07, 6.45) is -6.49. The highest BCUT2D eigenvalue weighted by Crippen LogP contribution is 2.39. The quantitative estimate of drug-likeness (QED) is 0.524. The standard InChI is InChI=1S/C22H30O6Si/c1-22(2,3)29(15-10-6-4-7-11-15,16-12-8-5-9-13-16)28-20-19(25)18(24)17(14-23)27-21(20)26/h4-13,17-21,23-26H,14H2,1-3H3/t17-,18-,19+,20-,21+/m1/s1. The summed E-state index contributed by atoms with van der Waals surface area (Å²) in [5.41, 5.74) is 0. The first kappa shape index (κ1) is 22.1. The maximum Gasteiger partial charge on any atom is 0.261 e. The van der Waals surface area contributed by atoms with Crippen molar-refractivity contribution in [3.63, 3.8) is 0 Å². The predicted octanol–water partition coefficient (Wildman–Crippen LogP) is 0.363. The van der Waals surface area contributed by atoms with Crippen LogP contribution in [-0.2, 0) is 9.16 Å². The van der Waals surface area contributed by atoms with Crippen LogP contribution in [0.1, 0.15) is 20.8 Å². The Kier molecular flexibility index (Phi) is 6.60. The highest BCUT2D eigenvalue weighted by Gasteiger charge is 2.55. The lowest BCUT2D eigenvalue weighted by Crippen LogP contribution is -2.71. The Morgan fingerprint density at radius 1 is 0.862 bits per heavy atom. The second-order valence-electron chi connectivity index (χ2n) is 8.47. The van der Waals surface area contributed by atoms with E-state index in [-0.39, 0.29) is 5.04 Å². The summed E-state index contributed by atoms with van der Waals surface area (Å²) >= 11 is 0. The van der Waals surface area contributed by atoms with Gasteiger partial charge in [-0.3, -0.25) is 0 Å². The van der Waals surface area contributed by atoms with Crippen LogP contribution in [0.2, 0.25) is 5.04 Å². The largest absolute Gasteiger partial charge is 0.396 e. The molecule has 0 saturated carbocycles. The summed E-state index contributed by atoms with van der Waals surface area (Å²) in [5.74, 6) is 0. The lowest BCUT2D eigenvalue weighted by molar-refractivity contribution is -0.282. The minimum atomic E-state index is -3.06. The van der Waals surface area contributed by atoms with Gasteiger partial charge in [0.15, 0.2) is 6.29 Å². The summed E-state index contributed by atoms with van der Waals surface area (Å²) < 4.78 is 12.0. The maximum absolute atomic E-state index is 10.7. The SMILES string of the molecule is CC(C)(C)[Si](O[C@@H]1[C@@H](O)[C@H](O)[C@@H](CO)O[C@@H]1O)(c1ccccc1)c1ccccc1. The minimum absolute atomic E-state index is 0.367. The molecule has 7 heteroatoms. The minimum Gasteiger partial charge on any atom is -0.396 e. The van der Waals surface area contributed by atoms with E-state index in [0.717, 1.165) is 10.4 Å². The van der Waals surface area contributed by atoms with E-state index < -0.39 is 45.6 Å². The van der Waals surface area contributed by atoms with Crippen molar-refractivity contribution in [2.75, 3.05) is 6.61 Å². The van der Waals surface area contributed by atoms with Gasteiger partial charge in [0.05, 0.1) is 6.61 Å². The molecule has 158 valence electrons. The fourth-order valence-corrected chi connectivity index (χ4v) is 8.77. The van der Waals surface area contributed by atoms with Crippen molar-refractivity contribution in [3.8, 4) is 0 Å². The van der Waals surface area contributed by atoms with Gasteiger partial charge >= 0.3 is 0 Å². The topological polar surface area (TPSA) is 99.4 Å². The third-order valence-electron chi connectivity index (χ3n) is 5.57. The average Bonchev–Trinajstić information content (AvgIpc) is 2.71. The zero-order valence-electron chi connectivity index (χ0n) is 17.0. The number of hydrogen-bond acceptors (Lipinski definition) is 6. The Labute approximate surface area is 172 Å². The molecule has 3 rings (SSSR count). The van der Waals surface area contributed by atoms with Gasteiger partial charge in [-0.05, 0) is 15.4 Å². The van der Waals surface area contributed by atoms with Crippen LogP contribution < -0.4 is 10.4 Å². The van der Waals surface area contributed by atoms with Crippen molar-refractivity contribution < 1.29 is 29.6 Å². The zero-order chi connectivity index (χ0) is 21.2. The molecule has 2 aromatic rings. The van der Waals surface area contributed by atoms with Gasteiger partial charge in [-0.25, -0.2) is 0 Å². The van der Waals surface area contributed by atoms with Crippen LogP contribution >= 0.6 is 0 Å². The van der Waals surface area contributed by atoms with E-state index in [0.29, 0.717) is 0 Å². The number of hydrogen-bond donors (Lipinski definition) is 4. The highest BCUT2D eigenvalue weighted by molar-refractivity contribution is 6.99. The summed E-state index contributed by atoms with van der Waals surface area (Å²) in [7, 11) is -3.06. The fraction of sp³-hybridized carbons (Fsp3) is 0.455. The molecule has 0 radical (unpaired) electrons. The number of rotatable bonds is 5. The maximum atomic E-state index is 10.7. The molecule has 0 amide bonds. The molecule has 0 aliphatic carbocycles. The number of ether oxygens (including phenoxy) is 1. The van der Waals surface area contributed by atoms with Crippen LogP contribution in [0.5, 0.6) is 0 Å². The molecule has 4 N–H and O–H groups in total. The monoisotopic (exact) mass is 418 g/mol. The first-order valence-corrected chi connectivity index (χ1v) is 11.7. The van der Waals surface area contributed by atoms with E-state index in [4.69, 9.17) is 9.16 Å². The third-order valence-corrected chi connectivity index (χ3v) is 10.6. The van der Waals surface area contributed by atoms with Crippen LogP contribution in [0.4, 0.5) is 0 Å². The van der Waals surface area contributed by atoms with Gasteiger partial charge in [-0.1, -0.05) is 81.4 Å². The van der Waals surface area contributed by atoms with Crippen LogP contribution in [0, 0.1) is 0 Å². The van der Waals surface area contributed by atoms with E-state index >= 15 is 0 Å². The van der Waals surface area contributed by atoms with Crippen molar-refractivity contribution in [2.45, 2.75) is 56.5 Å². The molecule has 2 aromatic carbocycles. The first-order valence-electron chi connectivity index (χ1n) is 9.82. The van der Waals surface area contributed by atoms with Gasteiger partial charge in [-0.2, -0.15) is 0 Å². The average molecular weight is 419 g/mol. The third kappa shape index (κ3) is 4.04. The molecule has 0 unspecified atom stereocenters. The molecular weight excluding hydrogens is 388 g/mol. The molecule has 1 heterocycles. The highest BCUT2D eigenvalue weighted by atomic mass is 28.4. The van der Waals surface area contributed by atoms with E-state index in [1.165, 1.54) is 0 Å². The Morgan fingerprint density at radius 2 is 1.34 bits per heavy atom. The molecule has 5 atom stereocenters. The lowest BCUT2D eigenvalue weighted by Gasteiger charge is -2.49. The lowest BCUT2D eigenvalue weighted by atomic mass is 9.99. The van der Waals surface area contributed by atoms with Crippen LogP contribution in [0.25, 0.3) is 0 Å². The Morgan fingerprint density at radius 3 is 1.76 bits per heavy atom. The molecule has 1 fully saturated rings. The smallest absolute Gasteiger partial charge is 0.261 e. The summed E-state index contributed by atoms with van der Waals surface area (Å²) in [4.78, 5) is 0. The van der Waals surface area contributed by atoms with Gasteiger partial charge in [0, 0.05) is 0 Å². The molecule has 0 aromatic heterocycles. The van der Waals surface area contributed by atoms with Crippen LogP contribution in [0.15, 0.2) is 60.7 Å². The Balaban J connectivity index is 2.14. The van der Waals surface area contributed by atoms with Gasteiger partial charge in [-0.15, -0.1) is 0 Å². The van der Waals surface area contributed by atoms with E-state index in [9.17, 15) is 20.4 Å². The Bertz CT molecular complexity index is 739. The summed E-state index contributed by atoms with van der Waals surface area (Å²) in [5, 5.41) is 42.6. The second-order valence-corrected chi connectivity index (χ2v) is 12.7. The molecule has 29 heavy (non-hydrogen) atoms. The molecule has 0 spiro atoms. The fourth-order valence-electron chi connectivity index (χ4n) is 4.09. The number of benzene rings is 2. The van der Waals surface area contributed by atoms with Gasteiger partial charge < -0.3 is 29.6 Å².